The second-order valence-corrected chi connectivity index (χ2v) is 10.5. The SMILES string of the molecule is O=C(NC1=CC(C(F)(F)F)CC=C1)c1cc(CCc2ccc3ccccc3c2)cc(C(=O)Nc2cccc(C(F)(F)F)c2)c1. The summed E-state index contributed by atoms with van der Waals surface area (Å²) in [6.07, 6.45) is -4.74. The summed E-state index contributed by atoms with van der Waals surface area (Å²) in [6.45, 7) is 0. The first-order valence-corrected chi connectivity index (χ1v) is 13.7. The van der Waals surface area contributed by atoms with Crippen LogP contribution < -0.4 is 10.6 Å². The molecule has 2 amide bonds. The van der Waals surface area contributed by atoms with E-state index in [1.807, 2.05) is 42.5 Å². The number of hydrogen-bond acceptors (Lipinski definition) is 2. The number of allylic oxidation sites excluding steroid dienone is 3. The average molecular weight is 609 g/mol. The number of nitrogens with one attached hydrogen (secondary N) is 2. The lowest BCUT2D eigenvalue weighted by Gasteiger charge is -2.20. The van der Waals surface area contributed by atoms with Gasteiger partial charge in [-0.3, -0.25) is 9.59 Å². The zero-order valence-corrected chi connectivity index (χ0v) is 23.1. The van der Waals surface area contributed by atoms with Crippen molar-refractivity contribution in [1.82, 2.24) is 5.32 Å². The van der Waals surface area contributed by atoms with Crippen molar-refractivity contribution in [2.75, 3.05) is 5.32 Å². The Morgan fingerprint density at radius 2 is 1.39 bits per heavy atom. The predicted molar refractivity (Wildman–Crippen MR) is 156 cm³/mol. The Kier molecular flexibility index (Phi) is 8.62. The zero-order chi connectivity index (χ0) is 31.5. The van der Waals surface area contributed by atoms with Gasteiger partial charge in [0, 0.05) is 22.5 Å². The first kappa shape index (κ1) is 30.6. The Hall–Kier alpha value is -4.86. The number of rotatable bonds is 7. The number of benzene rings is 4. The van der Waals surface area contributed by atoms with Crippen LogP contribution in [-0.2, 0) is 19.0 Å². The van der Waals surface area contributed by atoms with Crippen LogP contribution in [0.4, 0.5) is 32.0 Å². The van der Waals surface area contributed by atoms with E-state index in [1.165, 1.54) is 24.3 Å². The minimum Gasteiger partial charge on any atom is -0.322 e. The van der Waals surface area contributed by atoms with Gasteiger partial charge in [0.1, 0.15) is 0 Å². The molecule has 0 saturated carbocycles. The number of anilines is 1. The molecule has 0 fully saturated rings. The van der Waals surface area contributed by atoms with Gasteiger partial charge in [-0.25, -0.2) is 0 Å². The lowest BCUT2D eigenvalue weighted by molar-refractivity contribution is -0.160. The van der Waals surface area contributed by atoms with E-state index in [1.54, 1.807) is 12.1 Å². The molecular weight excluding hydrogens is 582 g/mol. The van der Waals surface area contributed by atoms with Crippen LogP contribution in [0.1, 0.15) is 43.8 Å². The molecule has 0 spiro atoms. The molecule has 5 rings (SSSR count). The average Bonchev–Trinajstić information content (AvgIpc) is 2.99. The summed E-state index contributed by atoms with van der Waals surface area (Å²) in [5, 5.41) is 7.04. The first-order valence-electron chi connectivity index (χ1n) is 13.7. The maximum atomic E-state index is 13.3. The minimum absolute atomic E-state index is 0.00454. The fourth-order valence-corrected chi connectivity index (χ4v) is 4.95. The number of hydrogen-bond donors (Lipinski definition) is 2. The van der Waals surface area contributed by atoms with Gasteiger partial charge >= 0.3 is 12.4 Å². The summed E-state index contributed by atoms with van der Waals surface area (Å²) < 4.78 is 79.3. The number of carbonyl (C=O) groups is 2. The Morgan fingerprint density at radius 1 is 0.705 bits per heavy atom. The zero-order valence-electron chi connectivity index (χ0n) is 23.1. The molecule has 0 bridgehead atoms. The number of carbonyl (C=O) groups excluding carboxylic acids is 2. The molecule has 0 aliphatic heterocycles. The fourth-order valence-electron chi connectivity index (χ4n) is 4.95. The van der Waals surface area contributed by atoms with E-state index in [-0.39, 0.29) is 28.9 Å². The molecule has 44 heavy (non-hydrogen) atoms. The molecule has 4 nitrogen and oxygen atoms in total. The van der Waals surface area contributed by atoms with Gasteiger partial charge in [0.25, 0.3) is 11.8 Å². The summed E-state index contributed by atoms with van der Waals surface area (Å²) in [4.78, 5) is 26.4. The highest BCUT2D eigenvalue weighted by Crippen LogP contribution is 2.33. The van der Waals surface area contributed by atoms with Crippen LogP contribution in [0, 0.1) is 5.92 Å². The molecule has 1 aliphatic rings. The summed E-state index contributed by atoms with van der Waals surface area (Å²) in [5.74, 6) is -3.23. The summed E-state index contributed by atoms with van der Waals surface area (Å²) in [5.41, 5.74) is 0.549. The van der Waals surface area contributed by atoms with Crippen LogP contribution in [0.3, 0.4) is 0 Å². The normalized spacial score (nSPS) is 15.1. The van der Waals surface area contributed by atoms with E-state index in [0.29, 0.717) is 18.4 Å². The lowest BCUT2D eigenvalue weighted by atomic mass is 9.97. The monoisotopic (exact) mass is 608 g/mol. The maximum Gasteiger partial charge on any atom is 0.416 e. The Bertz CT molecular complexity index is 1770. The standard InChI is InChI=1S/C34H26F6N2O2/c35-33(36,37)27-7-3-9-29(19-27)41-31(43)25-16-22(12-11-21-13-14-23-5-1-2-6-24(23)15-21)17-26(18-25)32(44)42-30-10-4-8-28(20-30)34(38,39)40/h1-7,9-10,13-20,28H,8,11-12H2,(H,41,43)(H,42,44). The van der Waals surface area contributed by atoms with Crippen molar-refractivity contribution in [3.63, 3.8) is 0 Å². The lowest BCUT2D eigenvalue weighted by Crippen LogP contribution is -2.28. The second kappa shape index (κ2) is 12.4. The number of aryl methyl sites for hydroxylation is 2. The molecule has 2 N–H and O–H groups in total. The van der Waals surface area contributed by atoms with Crippen LogP contribution in [0.25, 0.3) is 10.8 Å². The highest BCUT2D eigenvalue weighted by Gasteiger charge is 2.38. The molecule has 0 saturated heterocycles. The summed E-state index contributed by atoms with van der Waals surface area (Å²) >= 11 is 0. The third-order valence-electron chi connectivity index (χ3n) is 7.23. The van der Waals surface area contributed by atoms with Crippen molar-refractivity contribution < 1.29 is 35.9 Å². The Balaban J connectivity index is 1.42. The van der Waals surface area contributed by atoms with Crippen LogP contribution in [0.15, 0.2) is 109 Å². The molecule has 0 radical (unpaired) electrons. The maximum absolute atomic E-state index is 13.3. The quantitative estimate of drug-likeness (QED) is 0.206. The van der Waals surface area contributed by atoms with E-state index < -0.39 is 35.6 Å². The van der Waals surface area contributed by atoms with Gasteiger partial charge in [-0.1, -0.05) is 54.6 Å². The van der Waals surface area contributed by atoms with E-state index in [0.717, 1.165) is 40.6 Å². The summed E-state index contributed by atoms with van der Waals surface area (Å²) in [7, 11) is 0. The number of fused-ring (bicyclic) bond motifs is 1. The largest absolute Gasteiger partial charge is 0.416 e. The van der Waals surface area contributed by atoms with Gasteiger partial charge in [-0.2, -0.15) is 26.3 Å². The van der Waals surface area contributed by atoms with Gasteiger partial charge in [0.15, 0.2) is 0 Å². The number of halogens is 6. The van der Waals surface area contributed by atoms with Gasteiger partial charge in [-0.05, 0) is 89.7 Å². The van der Waals surface area contributed by atoms with Gasteiger partial charge in [-0.15, -0.1) is 0 Å². The number of amides is 2. The van der Waals surface area contributed by atoms with Crippen molar-refractivity contribution in [3.05, 3.63) is 137 Å². The third-order valence-corrected chi connectivity index (χ3v) is 7.23. The number of alkyl halides is 6. The fraction of sp³-hybridized carbons (Fsp3) is 0.176. The highest BCUT2D eigenvalue weighted by atomic mass is 19.4. The molecule has 0 aromatic heterocycles. The molecule has 0 heterocycles. The molecule has 4 aromatic rings. The Morgan fingerprint density at radius 3 is 2.09 bits per heavy atom. The van der Waals surface area contributed by atoms with Crippen LogP contribution in [0.2, 0.25) is 0 Å². The smallest absolute Gasteiger partial charge is 0.322 e. The van der Waals surface area contributed by atoms with Crippen molar-refractivity contribution in [2.45, 2.75) is 31.6 Å². The highest BCUT2D eigenvalue weighted by molar-refractivity contribution is 6.06. The topological polar surface area (TPSA) is 58.2 Å². The molecule has 1 aliphatic carbocycles. The van der Waals surface area contributed by atoms with E-state index in [4.69, 9.17) is 0 Å². The molecule has 1 unspecified atom stereocenters. The van der Waals surface area contributed by atoms with Crippen molar-refractivity contribution in [1.29, 1.82) is 0 Å². The molecule has 4 aromatic carbocycles. The van der Waals surface area contributed by atoms with Gasteiger partial charge in [0.05, 0.1) is 11.5 Å². The van der Waals surface area contributed by atoms with Crippen molar-refractivity contribution in [3.8, 4) is 0 Å². The molecular formula is C34H26F6N2O2. The van der Waals surface area contributed by atoms with E-state index in [2.05, 4.69) is 10.6 Å². The van der Waals surface area contributed by atoms with E-state index in [9.17, 15) is 35.9 Å². The van der Waals surface area contributed by atoms with Crippen molar-refractivity contribution in [2.24, 2.45) is 5.92 Å². The molecule has 1 atom stereocenters. The Labute approximate surface area is 249 Å². The molecule has 226 valence electrons. The van der Waals surface area contributed by atoms with Gasteiger partial charge < -0.3 is 10.6 Å². The summed E-state index contributed by atoms with van der Waals surface area (Å²) in [6, 6.07) is 22.3. The first-order chi connectivity index (χ1) is 20.8. The van der Waals surface area contributed by atoms with Gasteiger partial charge in [0.2, 0.25) is 0 Å². The second-order valence-electron chi connectivity index (χ2n) is 10.5. The predicted octanol–water partition coefficient (Wildman–Crippen LogP) is 8.65. The van der Waals surface area contributed by atoms with E-state index >= 15 is 0 Å². The van der Waals surface area contributed by atoms with Crippen LogP contribution in [0.5, 0.6) is 0 Å². The van der Waals surface area contributed by atoms with Crippen molar-refractivity contribution >= 4 is 28.3 Å². The van der Waals surface area contributed by atoms with Crippen LogP contribution in [-0.4, -0.2) is 18.0 Å². The third kappa shape index (κ3) is 7.55. The van der Waals surface area contributed by atoms with Crippen LogP contribution >= 0.6 is 0 Å². The minimum atomic E-state index is -4.61. The molecule has 10 heteroatoms.